The zero-order chi connectivity index (χ0) is 13.3. The van der Waals surface area contributed by atoms with E-state index in [1.807, 2.05) is 0 Å². The van der Waals surface area contributed by atoms with Gasteiger partial charge in [-0.15, -0.1) is 0 Å². The second-order valence-electron chi connectivity index (χ2n) is 4.14. The lowest BCUT2D eigenvalue weighted by molar-refractivity contribution is 0.0748. The monoisotopic (exact) mass is 321 g/mol. The molecule has 0 unspecified atom stereocenters. The molecule has 1 amide bonds. The fourth-order valence-corrected chi connectivity index (χ4v) is 2.16. The van der Waals surface area contributed by atoms with Crippen LogP contribution in [0.1, 0.15) is 23.2 Å². The highest BCUT2D eigenvalue weighted by Crippen LogP contribution is 2.29. The third-order valence-corrected chi connectivity index (χ3v) is 3.19. The van der Waals surface area contributed by atoms with Crippen LogP contribution in [0.15, 0.2) is 12.1 Å². The number of nitrogens with zero attached hydrogens (tertiary/aromatic N) is 1. The summed E-state index contributed by atoms with van der Waals surface area (Å²) >= 11 is 3.21. The topological polar surface area (TPSA) is 20.3 Å². The van der Waals surface area contributed by atoms with Crippen molar-refractivity contribution >= 4 is 21.8 Å². The van der Waals surface area contributed by atoms with Gasteiger partial charge in [-0.25, -0.2) is 13.2 Å². The molecule has 0 heterocycles. The van der Waals surface area contributed by atoms with Crippen LogP contribution in [0.25, 0.3) is 0 Å². The molecule has 0 N–H and O–H groups in total. The Morgan fingerprint density at radius 2 is 1.94 bits per heavy atom. The minimum absolute atomic E-state index is 0.0857. The average Bonchev–Trinajstić information content (AvgIpc) is 3.17. The molecule has 1 aromatic rings. The molecule has 2 rings (SSSR count). The normalized spacial score (nSPS) is 14.7. The van der Waals surface area contributed by atoms with Gasteiger partial charge in [0, 0.05) is 17.9 Å². The van der Waals surface area contributed by atoms with Gasteiger partial charge in [0.25, 0.3) is 5.91 Å². The van der Waals surface area contributed by atoms with Crippen LogP contribution in [0.3, 0.4) is 0 Å². The van der Waals surface area contributed by atoms with Crippen molar-refractivity contribution in [3.05, 3.63) is 35.1 Å². The van der Waals surface area contributed by atoms with Crippen molar-refractivity contribution in [1.29, 1.82) is 0 Å². The van der Waals surface area contributed by atoms with Gasteiger partial charge in [-0.3, -0.25) is 4.79 Å². The SMILES string of the molecule is O=C(c1ccc(F)c(F)c1F)N(CCBr)C1CC1. The second kappa shape index (κ2) is 5.30. The lowest BCUT2D eigenvalue weighted by atomic mass is 10.1. The summed E-state index contributed by atoms with van der Waals surface area (Å²) in [5.41, 5.74) is -0.415. The molecule has 2 nitrogen and oxygen atoms in total. The Balaban J connectivity index is 2.29. The van der Waals surface area contributed by atoms with Crippen LogP contribution in [-0.2, 0) is 0 Å². The molecule has 0 spiro atoms. The third-order valence-electron chi connectivity index (χ3n) is 2.84. The van der Waals surface area contributed by atoms with Crippen molar-refractivity contribution in [2.24, 2.45) is 0 Å². The van der Waals surface area contributed by atoms with Crippen molar-refractivity contribution in [2.45, 2.75) is 18.9 Å². The molecule has 98 valence electrons. The Kier molecular flexibility index (Phi) is 3.94. The molecule has 1 aliphatic carbocycles. The molecule has 6 heteroatoms. The Hall–Kier alpha value is -1.04. The van der Waals surface area contributed by atoms with E-state index < -0.39 is 28.9 Å². The number of hydrogen-bond acceptors (Lipinski definition) is 1. The van der Waals surface area contributed by atoms with E-state index in [2.05, 4.69) is 15.9 Å². The molecule has 1 saturated carbocycles. The number of alkyl halides is 1. The van der Waals surface area contributed by atoms with Gasteiger partial charge in [0.15, 0.2) is 17.5 Å². The number of amides is 1. The van der Waals surface area contributed by atoms with Gasteiger partial charge in [-0.05, 0) is 25.0 Å². The van der Waals surface area contributed by atoms with Gasteiger partial charge in [0.1, 0.15) is 0 Å². The number of hydrogen-bond donors (Lipinski definition) is 0. The van der Waals surface area contributed by atoms with Crippen LogP contribution < -0.4 is 0 Å². The Morgan fingerprint density at radius 1 is 1.28 bits per heavy atom. The van der Waals surface area contributed by atoms with Gasteiger partial charge in [0.2, 0.25) is 0 Å². The average molecular weight is 322 g/mol. The first-order chi connectivity index (χ1) is 8.56. The first-order valence-electron chi connectivity index (χ1n) is 5.56. The summed E-state index contributed by atoms with van der Waals surface area (Å²) < 4.78 is 39.4. The van der Waals surface area contributed by atoms with Gasteiger partial charge in [-0.2, -0.15) is 0 Å². The molecule has 0 aromatic heterocycles. The molecule has 0 aliphatic heterocycles. The molecule has 1 fully saturated rings. The van der Waals surface area contributed by atoms with Gasteiger partial charge >= 0.3 is 0 Å². The maximum Gasteiger partial charge on any atom is 0.257 e. The molecule has 0 atom stereocenters. The van der Waals surface area contributed by atoms with E-state index in [0.29, 0.717) is 11.9 Å². The smallest absolute Gasteiger partial charge is 0.257 e. The van der Waals surface area contributed by atoms with E-state index in [1.54, 1.807) is 0 Å². The summed E-state index contributed by atoms with van der Waals surface area (Å²) in [5.74, 6) is -4.90. The molecule has 1 aliphatic rings. The second-order valence-corrected chi connectivity index (χ2v) is 4.93. The maximum atomic E-state index is 13.5. The number of rotatable bonds is 4. The molecular formula is C12H11BrF3NO. The van der Waals surface area contributed by atoms with Crippen LogP contribution in [-0.4, -0.2) is 28.7 Å². The molecule has 18 heavy (non-hydrogen) atoms. The van der Waals surface area contributed by atoms with Crippen LogP contribution in [0.4, 0.5) is 13.2 Å². The maximum absolute atomic E-state index is 13.5. The summed E-state index contributed by atoms with van der Waals surface area (Å²) in [6, 6.07) is 1.84. The standard InChI is InChI=1S/C12H11BrF3NO/c13-5-6-17(7-1-2-7)12(18)8-3-4-9(14)11(16)10(8)15/h3-4,7H,1-2,5-6H2. The Labute approximate surface area is 111 Å². The molecule has 0 saturated heterocycles. The van der Waals surface area contributed by atoms with Crippen molar-refractivity contribution in [1.82, 2.24) is 4.90 Å². The predicted octanol–water partition coefficient (Wildman–Crippen LogP) is 3.10. The summed E-state index contributed by atoms with van der Waals surface area (Å²) in [5, 5.41) is 0.556. The zero-order valence-electron chi connectivity index (χ0n) is 9.43. The molecule has 1 aromatic carbocycles. The van der Waals surface area contributed by atoms with Gasteiger partial charge in [-0.1, -0.05) is 15.9 Å². The molecule has 0 bridgehead atoms. The highest BCUT2D eigenvalue weighted by atomic mass is 79.9. The van der Waals surface area contributed by atoms with Crippen molar-refractivity contribution < 1.29 is 18.0 Å². The van der Waals surface area contributed by atoms with E-state index in [1.165, 1.54) is 4.90 Å². The first-order valence-corrected chi connectivity index (χ1v) is 6.69. The van der Waals surface area contributed by atoms with Crippen molar-refractivity contribution in [3.8, 4) is 0 Å². The van der Waals surface area contributed by atoms with E-state index in [-0.39, 0.29) is 6.04 Å². The van der Waals surface area contributed by atoms with Crippen LogP contribution in [0.2, 0.25) is 0 Å². The lowest BCUT2D eigenvalue weighted by Gasteiger charge is -2.21. The van der Waals surface area contributed by atoms with E-state index >= 15 is 0 Å². The van der Waals surface area contributed by atoms with Gasteiger partial charge < -0.3 is 4.90 Å². The lowest BCUT2D eigenvalue weighted by Crippen LogP contribution is -2.35. The number of halogens is 4. The van der Waals surface area contributed by atoms with Gasteiger partial charge in [0.05, 0.1) is 5.56 Å². The number of carbonyl (C=O) groups is 1. The molecular weight excluding hydrogens is 311 g/mol. The Bertz CT molecular complexity index is 477. The van der Waals surface area contributed by atoms with E-state index in [4.69, 9.17) is 0 Å². The highest BCUT2D eigenvalue weighted by Gasteiger charge is 2.34. The number of carbonyl (C=O) groups excluding carboxylic acids is 1. The quantitative estimate of drug-likeness (QED) is 0.616. The van der Waals surface area contributed by atoms with Crippen molar-refractivity contribution in [3.63, 3.8) is 0 Å². The summed E-state index contributed by atoms with van der Waals surface area (Å²) in [4.78, 5) is 13.6. The minimum atomic E-state index is -1.60. The third kappa shape index (κ3) is 2.53. The van der Waals surface area contributed by atoms with Crippen LogP contribution >= 0.6 is 15.9 Å². The van der Waals surface area contributed by atoms with Crippen molar-refractivity contribution in [2.75, 3.05) is 11.9 Å². The zero-order valence-corrected chi connectivity index (χ0v) is 11.0. The summed E-state index contributed by atoms with van der Waals surface area (Å²) in [6.45, 7) is 0.419. The predicted molar refractivity (Wildman–Crippen MR) is 64.2 cm³/mol. The fraction of sp³-hybridized carbons (Fsp3) is 0.417. The largest absolute Gasteiger partial charge is 0.335 e. The molecule has 0 radical (unpaired) electrons. The van der Waals surface area contributed by atoms with Crippen LogP contribution in [0.5, 0.6) is 0 Å². The highest BCUT2D eigenvalue weighted by molar-refractivity contribution is 9.09. The fourth-order valence-electron chi connectivity index (χ4n) is 1.77. The van der Waals surface area contributed by atoms with E-state index in [9.17, 15) is 18.0 Å². The minimum Gasteiger partial charge on any atom is -0.335 e. The number of benzene rings is 1. The first kappa shape index (κ1) is 13.4. The van der Waals surface area contributed by atoms with Crippen LogP contribution in [0, 0.1) is 17.5 Å². The summed E-state index contributed by atoms with van der Waals surface area (Å²) in [6.07, 6.45) is 1.73. The van der Waals surface area contributed by atoms with E-state index in [0.717, 1.165) is 25.0 Å². The summed E-state index contributed by atoms with van der Waals surface area (Å²) in [7, 11) is 0. The Morgan fingerprint density at radius 3 is 2.50 bits per heavy atom.